The van der Waals surface area contributed by atoms with Crippen molar-refractivity contribution in [1.29, 1.82) is 0 Å². The second kappa shape index (κ2) is 11.0. The maximum absolute atomic E-state index is 6.97. The molecular formula is C36H29N3. The summed E-state index contributed by atoms with van der Waals surface area (Å²) in [4.78, 5) is 4.57. The molecular weight excluding hydrogens is 474 g/mol. The largest absolute Gasteiger partial charge is 0.397 e. The molecule has 0 unspecified atom stereocenters. The third-order valence-corrected chi connectivity index (χ3v) is 6.77. The van der Waals surface area contributed by atoms with Crippen molar-refractivity contribution in [1.82, 2.24) is 0 Å². The Bertz CT molecular complexity index is 1560. The minimum Gasteiger partial charge on any atom is -0.397 e. The van der Waals surface area contributed by atoms with Gasteiger partial charge < -0.3 is 15.5 Å². The minimum atomic E-state index is 0.689. The smallest absolute Gasteiger partial charge is 0.0941 e. The summed E-state index contributed by atoms with van der Waals surface area (Å²) in [6.45, 7) is 0. The van der Waals surface area contributed by atoms with Crippen molar-refractivity contribution >= 4 is 39.8 Å². The van der Waals surface area contributed by atoms with Crippen molar-refractivity contribution in [2.24, 2.45) is 0 Å². The minimum absolute atomic E-state index is 0.689. The van der Waals surface area contributed by atoms with Crippen LogP contribution in [0.15, 0.2) is 164 Å². The van der Waals surface area contributed by atoms with Crippen LogP contribution in [0.5, 0.6) is 0 Å². The molecule has 0 bridgehead atoms. The molecule has 2 N–H and O–H groups in total. The van der Waals surface area contributed by atoms with Gasteiger partial charge in [0.1, 0.15) is 0 Å². The Morgan fingerprint density at radius 2 is 0.667 bits per heavy atom. The maximum atomic E-state index is 6.97. The van der Waals surface area contributed by atoms with E-state index < -0.39 is 0 Å². The number of benzene rings is 6. The summed E-state index contributed by atoms with van der Waals surface area (Å²) in [6.07, 6.45) is 0. The lowest BCUT2D eigenvalue weighted by molar-refractivity contribution is 1.23. The van der Waals surface area contributed by atoms with Crippen LogP contribution in [0.25, 0.3) is 11.1 Å². The van der Waals surface area contributed by atoms with Crippen molar-refractivity contribution in [3.8, 4) is 11.1 Å². The van der Waals surface area contributed by atoms with Crippen LogP contribution >= 0.6 is 0 Å². The molecule has 6 aromatic carbocycles. The number of hydrogen-bond donors (Lipinski definition) is 1. The van der Waals surface area contributed by atoms with Gasteiger partial charge in [0.15, 0.2) is 0 Å². The summed E-state index contributed by atoms with van der Waals surface area (Å²) < 4.78 is 0. The highest BCUT2D eigenvalue weighted by Gasteiger charge is 2.27. The van der Waals surface area contributed by atoms with Crippen LogP contribution in [0.2, 0.25) is 0 Å². The average Bonchev–Trinajstić information content (AvgIpc) is 3.01. The number of nitrogens with zero attached hydrogens (tertiary/aromatic N) is 2. The predicted octanol–water partition coefficient (Wildman–Crippen LogP) is 9.88. The van der Waals surface area contributed by atoms with Gasteiger partial charge in [0.25, 0.3) is 0 Å². The molecule has 188 valence electrons. The molecule has 0 aliphatic carbocycles. The summed E-state index contributed by atoms with van der Waals surface area (Å²) in [5.74, 6) is 0. The fraction of sp³-hybridized carbons (Fsp3) is 0. The Morgan fingerprint density at radius 1 is 0.333 bits per heavy atom. The standard InChI is InChI=1S/C36H29N3/c37-34-27-26-33(28-16-6-1-7-17-28)35(38(29-18-8-2-9-19-29)30-20-10-3-11-21-30)36(34)39(31-22-12-4-13-23-31)32-24-14-5-15-25-32/h1-27H,37H2. The molecule has 0 aliphatic heterocycles. The predicted molar refractivity (Wildman–Crippen MR) is 166 cm³/mol. The molecule has 3 nitrogen and oxygen atoms in total. The lowest BCUT2D eigenvalue weighted by Crippen LogP contribution is -2.19. The first kappa shape index (κ1) is 24.1. The molecule has 39 heavy (non-hydrogen) atoms. The van der Waals surface area contributed by atoms with Crippen LogP contribution in [0.1, 0.15) is 0 Å². The first-order valence-corrected chi connectivity index (χ1v) is 13.1. The maximum Gasteiger partial charge on any atom is 0.0941 e. The zero-order valence-corrected chi connectivity index (χ0v) is 21.6. The van der Waals surface area contributed by atoms with Crippen molar-refractivity contribution in [3.05, 3.63) is 164 Å². The molecule has 0 saturated carbocycles. The van der Waals surface area contributed by atoms with Crippen LogP contribution in [0, 0.1) is 0 Å². The molecule has 6 rings (SSSR count). The molecule has 3 heteroatoms. The number of rotatable bonds is 7. The van der Waals surface area contributed by atoms with Gasteiger partial charge in [0.05, 0.1) is 17.1 Å². The Hall–Kier alpha value is -5.28. The zero-order valence-electron chi connectivity index (χ0n) is 21.6. The summed E-state index contributed by atoms with van der Waals surface area (Å²) in [6, 6.07) is 56.5. The molecule has 0 aromatic heterocycles. The Morgan fingerprint density at radius 3 is 1.05 bits per heavy atom. The van der Waals surface area contributed by atoms with Gasteiger partial charge in [-0.05, 0) is 60.2 Å². The number of nitrogen functional groups attached to an aromatic ring is 1. The molecule has 0 aliphatic rings. The summed E-state index contributed by atoms with van der Waals surface area (Å²) in [5.41, 5.74) is 15.9. The van der Waals surface area contributed by atoms with Gasteiger partial charge in [-0.2, -0.15) is 0 Å². The van der Waals surface area contributed by atoms with Crippen molar-refractivity contribution in [3.63, 3.8) is 0 Å². The highest BCUT2D eigenvalue weighted by atomic mass is 15.2. The Kier molecular flexibility index (Phi) is 6.79. The molecule has 0 atom stereocenters. The van der Waals surface area contributed by atoms with Crippen LogP contribution < -0.4 is 15.5 Å². The van der Waals surface area contributed by atoms with E-state index in [1.54, 1.807) is 0 Å². The Labute approximate surface area is 230 Å². The van der Waals surface area contributed by atoms with E-state index >= 15 is 0 Å². The highest BCUT2D eigenvalue weighted by molar-refractivity contribution is 6.03. The first-order chi connectivity index (χ1) is 19.3. The van der Waals surface area contributed by atoms with Crippen LogP contribution in [-0.2, 0) is 0 Å². The normalized spacial score (nSPS) is 10.7. The van der Waals surface area contributed by atoms with Crippen LogP contribution in [0.3, 0.4) is 0 Å². The number of para-hydroxylation sites is 4. The van der Waals surface area contributed by atoms with Crippen molar-refractivity contribution < 1.29 is 0 Å². The van der Waals surface area contributed by atoms with Gasteiger partial charge in [0.2, 0.25) is 0 Å². The van der Waals surface area contributed by atoms with Crippen LogP contribution in [0.4, 0.5) is 39.8 Å². The number of hydrogen-bond acceptors (Lipinski definition) is 3. The molecule has 0 amide bonds. The van der Waals surface area contributed by atoms with Gasteiger partial charge in [-0.25, -0.2) is 0 Å². The molecule has 0 fully saturated rings. The van der Waals surface area contributed by atoms with E-state index in [0.717, 1.165) is 45.3 Å². The monoisotopic (exact) mass is 503 g/mol. The van der Waals surface area contributed by atoms with Crippen molar-refractivity contribution in [2.45, 2.75) is 0 Å². The van der Waals surface area contributed by atoms with E-state index in [1.165, 1.54) is 0 Å². The SMILES string of the molecule is Nc1ccc(-c2ccccc2)c(N(c2ccccc2)c2ccccc2)c1N(c1ccccc1)c1ccccc1. The highest BCUT2D eigenvalue weighted by Crippen LogP contribution is 2.52. The summed E-state index contributed by atoms with van der Waals surface area (Å²) in [7, 11) is 0. The van der Waals surface area contributed by atoms with Gasteiger partial charge in [-0.3, -0.25) is 0 Å². The Balaban J connectivity index is 1.74. The van der Waals surface area contributed by atoms with E-state index in [9.17, 15) is 0 Å². The van der Waals surface area contributed by atoms with E-state index in [-0.39, 0.29) is 0 Å². The van der Waals surface area contributed by atoms with Gasteiger partial charge >= 0.3 is 0 Å². The first-order valence-electron chi connectivity index (χ1n) is 13.1. The summed E-state index contributed by atoms with van der Waals surface area (Å²) in [5, 5.41) is 0. The lowest BCUT2D eigenvalue weighted by atomic mass is 9.98. The molecule has 0 heterocycles. The van der Waals surface area contributed by atoms with E-state index in [4.69, 9.17) is 5.73 Å². The zero-order chi connectivity index (χ0) is 26.4. The van der Waals surface area contributed by atoms with Crippen molar-refractivity contribution in [2.75, 3.05) is 15.5 Å². The topological polar surface area (TPSA) is 32.5 Å². The quantitative estimate of drug-likeness (QED) is 0.220. The van der Waals surface area contributed by atoms with E-state index in [2.05, 4.69) is 137 Å². The van der Waals surface area contributed by atoms with E-state index in [1.807, 2.05) is 36.4 Å². The molecule has 0 radical (unpaired) electrons. The second-order valence-corrected chi connectivity index (χ2v) is 9.28. The third kappa shape index (κ3) is 4.86. The fourth-order valence-corrected chi connectivity index (χ4v) is 5.03. The molecule has 6 aromatic rings. The third-order valence-electron chi connectivity index (χ3n) is 6.77. The lowest BCUT2D eigenvalue weighted by Gasteiger charge is -2.35. The van der Waals surface area contributed by atoms with Gasteiger partial charge in [-0.1, -0.05) is 109 Å². The van der Waals surface area contributed by atoms with Gasteiger partial charge in [0, 0.05) is 28.3 Å². The molecule has 0 saturated heterocycles. The van der Waals surface area contributed by atoms with Crippen LogP contribution in [-0.4, -0.2) is 0 Å². The van der Waals surface area contributed by atoms with Gasteiger partial charge in [-0.15, -0.1) is 0 Å². The number of anilines is 7. The van der Waals surface area contributed by atoms with E-state index in [0.29, 0.717) is 5.69 Å². The average molecular weight is 504 g/mol. The fourth-order valence-electron chi connectivity index (χ4n) is 5.03. The summed E-state index contributed by atoms with van der Waals surface area (Å²) >= 11 is 0. The second-order valence-electron chi connectivity index (χ2n) is 9.28. The number of nitrogens with two attached hydrogens (primary N) is 1. The molecule has 0 spiro atoms.